The summed E-state index contributed by atoms with van der Waals surface area (Å²) < 4.78 is 5.51. The van der Waals surface area contributed by atoms with Gasteiger partial charge in [0.2, 0.25) is 0 Å². The Morgan fingerprint density at radius 3 is 2.61 bits per heavy atom. The van der Waals surface area contributed by atoms with Gasteiger partial charge in [0.1, 0.15) is 5.54 Å². The molecule has 2 fully saturated rings. The van der Waals surface area contributed by atoms with Crippen LogP contribution in [0, 0.1) is 23.2 Å². The van der Waals surface area contributed by atoms with Gasteiger partial charge in [-0.05, 0) is 43.1 Å². The summed E-state index contributed by atoms with van der Waals surface area (Å²) in [4.78, 5) is 27.8. The van der Waals surface area contributed by atoms with E-state index in [4.69, 9.17) is 4.74 Å². The number of alkyl carbamates (subject to hydrolysis) is 1. The molecule has 1 saturated heterocycles. The second-order valence-electron chi connectivity index (χ2n) is 10.0. The molecule has 7 heteroatoms. The van der Waals surface area contributed by atoms with Crippen molar-refractivity contribution in [2.45, 2.75) is 77.0 Å². The lowest BCUT2D eigenvalue weighted by Crippen LogP contribution is -2.54. The van der Waals surface area contributed by atoms with E-state index in [0.717, 1.165) is 18.7 Å². The zero-order valence-corrected chi connectivity index (χ0v) is 20.0. The lowest BCUT2D eigenvalue weighted by Gasteiger charge is -2.29. The quantitative estimate of drug-likeness (QED) is 0.588. The van der Waals surface area contributed by atoms with E-state index in [2.05, 4.69) is 21.6 Å². The van der Waals surface area contributed by atoms with Crippen molar-refractivity contribution in [3.63, 3.8) is 0 Å². The molecule has 0 spiro atoms. The minimum absolute atomic E-state index is 0.159. The number of ether oxygens (including phenoxy) is 1. The fourth-order valence-electron chi connectivity index (χ4n) is 4.89. The topological polar surface area (TPSA) is 94.5 Å². The van der Waals surface area contributed by atoms with Crippen LogP contribution in [0.5, 0.6) is 0 Å². The first-order valence-electron chi connectivity index (χ1n) is 12.3. The molecule has 2 atom stereocenters. The first kappa shape index (κ1) is 25.0. The zero-order valence-electron chi connectivity index (χ0n) is 20.0. The SMILES string of the molecule is CC(C)CC(OC(=O)NCc1ccccc1)C(=O)NC1(C#N)CCN(CC2CCCCC2)C1. The molecular weight excluding hydrogens is 416 g/mol. The van der Waals surface area contributed by atoms with Crippen molar-refractivity contribution in [2.75, 3.05) is 19.6 Å². The number of rotatable bonds is 9. The van der Waals surface area contributed by atoms with Gasteiger partial charge in [-0.2, -0.15) is 5.26 Å². The highest BCUT2D eigenvalue weighted by Gasteiger charge is 2.42. The molecule has 2 unspecified atom stereocenters. The van der Waals surface area contributed by atoms with Gasteiger partial charge in [-0.1, -0.05) is 63.4 Å². The summed E-state index contributed by atoms with van der Waals surface area (Å²) >= 11 is 0. The molecule has 1 aliphatic heterocycles. The fourth-order valence-corrected chi connectivity index (χ4v) is 4.89. The number of hydrogen-bond donors (Lipinski definition) is 2. The Bertz CT molecular complexity index is 817. The van der Waals surface area contributed by atoms with Crippen molar-refractivity contribution in [3.8, 4) is 6.07 Å². The molecule has 7 nitrogen and oxygen atoms in total. The molecule has 0 aromatic heterocycles. The van der Waals surface area contributed by atoms with E-state index < -0.39 is 17.7 Å². The van der Waals surface area contributed by atoms with Gasteiger partial charge >= 0.3 is 6.09 Å². The van der Waals surface area contributed by atoms with E-state index in [1.54, 1.807) is 0 Å². The highest BCUT2D eigenvalue weighted by Crippen LogP contribution is 2.28. The molecule has 2 N–H and O–H groups in total. The van der Waals surface area contributed by atoms with Crippen molar-refractivity contribution in [1.82, 2.24) is 15.5 Å². The van der Waals surface area contributed by atoms with Crippen molar-refractivity contribution in [2.24, 2.45) is 11.8 Å². The van der Waals surface area contributed by atoms with Crippen LogP contribution in [0.15, 0.2) is 30.3 Å². The Hall–Kier alpha value is -2.59. The standard InChI is InChI=1S/C26H38N4O3/c1-20(2)15-23(33-25(32)28-16-21-9-5-3-6-10-21)24(31)29-26(18-27)13-14-30(19-26)17-22-11-7-4-8-12-22/h3,5-6,9-10,20,22-23H,4,7-8,11-17,19H2,1-2H3,(H,28,32)(H,29,31). The molecule has 180 valence electrons. The monoisotopic (exact) mass is 454 g/mol. The largest absolute Gasteiger partial charge is 0.436 e. The lowest BCUT2D eigenvalue weighted by atomic mass is 9.89. The van der Waals surface area contributed by atoms with Gasteiger partial charge < -0.3 is 15.4 Å². The third-order valence-corrected chi connectivity index (χ3v) is 6.67. The summed E-state index contributed by atoms with van der Waals surface area (Å²) in [7, 11) is 0. The average molecular weight is 455 g/mol. The number of hydrogen-bond acceptors (Lipinski definition) is 5. The molecule has 33 heavy (non-hydrogen) atoms. The van der Waals surface area contributed by atoms with Crippen LogP contribution in [0.4, 0.5) is 4.79 Å². The molecule has 2 aliphatic rings. The summed E-state index contributed by atoms with van der Waals surface area (Å²) in [5, 5.41) is 15.6. The highest BCUT2D eigenvalue weighted by molar-refractivity contribution is 5.84. The summed E-state index contributed by atoms with van der Waals surface area (Å²) in [6.07, 6.45) is 5.85. The summed E-state index contributed by atoms with van der Waals surface area (Å²) in [5.41, 5.74) is 0.0250. The van der Waals surface area contributed by atoms with Gasteiger partial charge in [0.15, 0.2) is 6.10 Å². The second kappa shape index (κ2) is 12.0. The Kier molecular flexibility index (Phi) is 9.13. The first-order valence-corrected chi connectivity index (χ1v) is 12.3. The van der Waals surface area contributed by atoms with Crippen molar-refractivity contribution in [1.29, 1.82) is 5.26 Å². The predicted octanol–water partition coefficient (Wildman–Crippen LogP) is 3.99. The maximum absolute atomic E-state index is 13.1. The van der Waals surface area contributed by atoms with E-state index in [9.17, 15) is 14.9 Å². The number of nitrogens with zero attached hydrogens (tertiary/aromatic N) is 2. The summed E-state index contributed by atoms with van der Waals surface area (Å²) in [5.74, 6) is 0.459. The van der Waals surface area contributed by atoms with Gasteiger partial charge in [0.05, 0.1) is 6.07 Å². The normalized spacial score (nSPS) is 22.5. The Balaban J connectivity index is 1.55. The van der Waals surface area contributed by atoms with Crippen LogP contribution in [-0.4, -0.2) is 48.2 Å². The van der Waals surface area contributed by atoms with Crippen LogP contribution in [0.1, 0.15) is 64.4 Å². The predicted molar refractivity (Wildman–Crippen MR) is 127 cm³/mol. The minimum atomic E-state index is -0.932. The molecule has 3 rings (SSSR count). The van der Waals surface area contributed by atoms with Gasteiger partial charge in [-0.25, -0.2) is 4.79 Å². The third kappa shape index (κ3) is 7.75. The molecule has 1 saturated carbocycles. The number of carbonyl (C=O) groups excluding carboxylic acids is 2. The number of nitriles is 1. The molecule has 1 aromatic rings. The molecule has 1 heterocycles. The smallest absolute Gasteiger partial charge is 0.408 e. The molecule has 0 bridgehead atoms. The van der Waals surface area contributed by atoms with E-state index in [-0.39, 0.29) is 11.8 Å². The average Bonchev–Trinajstić information content (AvgIpc) is 3.21. The van der Waals surface area contributed by atoms with Gasteiger partial charge in [-0.3, -0.25) is 9.69 Å². The molecular formula is C26H38N4O3. The minimum Gasteiger partial charge on any atom is -0.436 e. The maximum Gasteiger partial charge on any atom is 0.408 e. The number of nitrogens with one attached hydrogen (secondary N) is 2. The number of carbonyl (C=O) groups is 2. The van der Waals surface area contributed by atoms with Crippen LogP contribution in [0.2, 0.25) is 0 Å². The second-order valence-corrected chi connectivity index (χ2v) is 10.0. The number of benzene rings is 1. The van der Waals surface area contributed by atoms with Crippen LogP contribution >= 0.6 is 0 Å². The molecule has 2 amide bonds. The van der Waals surface area contributed by atoms with E-state index >= 15 is 0 Å². The fraction of sp³-hybridized carbons (Fsp3) is 0.654. The van der Waals surface area contributed by atoms with Gasteiger partial charge in [0, 0.05) is 26.2 Å². The first-order chi connectivity index (χ1) is 15.9. The third-order valence-electron chi connectivity index (χ3n) is 6.67. The van der Waals surface area contributed by atoms with E-state index in [1.165, 1.54) is 32.1 Å². The Labute approximate surface area is 197 Å². The van der Waals surface area contributed by atoms with Gasteiger partial charge in [-0.15, -0.1) is 0 Å². The maximum atomic E-state index is 13.1. The molecule has 1 aromatic carbocycles. The van der Waals surface area contributed by atoms with Crippen molar-refractivity contribution in [3.05, 3.63) is 35.9 Å². The Morgan fingerprint density at radius 1 is 1.21 bits per heavy atom. The Morgan fingerprint density at radius 2 is 1.94 bits per heavy atom. The van der Waals surface area contributed by atoms with Crippen LogP contribution in [-0.2, 0) is 16.1 Å². The molecule has 1 aliphatic carbocycles. The summed E-state index contributed by atoms with van der Waals surface area (Å²) in [6.45, 7) is 6.61. The van der Waals surface area contributed by atoms with Crippen molar-refractivity contribution < 1.29 is 14.3 Å². The lowest BCUT2D eigenvalue weighted by molar-refractivity contribution is -0.131. The molecule has 0 radical (unpaired) electrons. The van der Waals surface area contributed by atoms with E-state index in [0.29, 0.717) is 31.8 Å². The number of amides is 2. The summed E-state index contributed by atoms with van der Waals surface area (Å²) in [6, 6.07) is 11.9. The van der Waals surface area contributed by atoms with Gasteiger partial charge in [0.25, 0.3) is 5.91 Å². The van der Waals surface area contributed by atoms with Crippen molar-refractivity contribution >= 4 is 12.0 Å². The van der Waals surface area contributed by atoms with Crippen LogP contribution < -0.4 is 10.6 Å². The highest BCUT2D eigenvalue weighted by atomic mass is 16.6. The number of likely N-dealkylation sites (tertiary alicyclic amines) is 1. The van der Waals surface area contributed by atoms with Crippen LogP contribution in [0.3, 0.4) is 0 Å². The van der Waals surface area contributed by atoms with Crippen LogP contribution in [0.25, 0.3) is 0 Å². The van der Waals surface area contributed by atoms with E-state index in [1.807, 2.05) is 44.2 Å². The zero-order chi connectivity index (χ0) is 23.7.